The van der Waals surface area contributed by atoms with Crippen molar-refractivity contribution in [1.29, 1.82) is 0 Å². The van der Waals surface area contributed by atoms with Crippen molar-refractivity contribution in [1.82, 2.24) is 9.97 Å². The fourth-order valence-corrected chi connectivity index (χ4v) is 4.43. The van der Waals surface area contributed by atoms with Crippen LogP contribution in [-0.4, -0.2) is 21.3 Å². The molecular formula is C25H21F2N5O2S. The van der Waals surface area contributed by atoms with Crippen molar-refractivity contribution in [2.24, 2.45) is 11.5 Å². The van der Waals surface area contributed by atoms with Gasteiger partial charge in [0.2, 0.25) is 5.88 Å². The summed E-state index contributed by atoms with van der Waals surface area (Å²) in [5.41, 5.74) is 15.4. The molecule has 2 aromatic carbocycles. The molecule has 0 radical (unpaired) electrons. The lowest BCUT2D eigenvalue weighted by atomic mass is 9.98. The van der Waals surface area contributed by atoms with Crippen LogP contribution in [0.3, 0.4) is 0 Å². The van der Waals surface area contributed by atoms with Crippen molar-refractivity contribution in [3.63, 3.8) is 0 Å². The number of allylic oxidation sites excluding steroid dienone is 2. The van der Waals surface area contributed by atoms with Crippen LogP contribution in [0.5, 0.6) is 5.88 Å². The topological polar surface area (TPSA) is 116 Å². The normalized spacial score (nSPS) is 12.7. The molecule has 4 rings (SSSR count). The van der Waals surface area contributed by atoms with Crippen LogP contribution < -0.4 is 20.9 Å². The van der Waals surface area contributed by atoms with Crippen LogP contribution in [0.2, 0.25) is 0 Å². The molecule has 0 amide bonds. The highest BCUT2D eigenvalue weighted by atomic mass is 32.2. The highest BCUT2D eigenvalue weighted by Gasteiger charge is 2.16. The van der Waals surface area contributed by atoms with Crippen LogP contribution >= 0.6 is 0 Å². The van der Waals surface area contributed by atoms with E-state index < -0.39 is 22.6 Å². The number of nitrogens with two attached hydrogens (primary N) is 2. The summed E-state index contributed by atoms with van der Waals surface area (Å²) >= 11 is 0. The number of hydrogen-bond acceptors (Lipinski definition) is 6. The van der Waals surface area contributed by atoms with Gasteiger partial charge < -0.3 is 16.2 Å². The maximum Gasteiger partial charge on any atom is 0.238 e. The largest absolute Gasteiger partial charge is 0.480 e. The summed E-state index contributed by atoms with van der Waals surface area (Å²) in [6.07, 6.45) is 7.85. The summed E-state index contributed by atoms with van der Waals surface area (Å²) in [7, 11) is -0.618. The summed E-state index contributed by atoms with van der Waals surface area (Å²) in [5.74, 6) is -1.53. The third kappa shape index (κ3) is 4.97. The molecule has 0 saturated heterocycles. The molecule has 1 unspecified atom stereocenters. The van der Waals surface area contributed by atoms with Crippen molar-refractivity contribution < 1.29 is 17.7 Å². The van der Waals surface area contributed by atoms with Crippen molar-refractivity contribution in [2.45, 2.75) is 4.90 Å². The second kappa shape index (κ2) is 10.3. The Labute approximate surface area is 202 Å². The number of ether oxygens (including phenoxy) is 1. The van der Waals surface area contributed by atoms with Gasteiger partial charge in [-0.15, -0.1) is 0 Å². The number of methoxy groups -OCH3 is 1. The van der Waals surface area contributed by atoms with Gasteiger partial charge in [0.1, 0.15) is 17.3 Å². The second-order valence-corrected chi connectivity index (χ2v) is 8.48. The SMILES string of the molecule is COc1ncc(-c2ccc3nccc(C(/C=C\N)=C/N)c3c2)cc1NS(=O)c1ccc(F)cc1F. The van der Waals surface area contributed by atoms with Crippen molar-refractivity contribution in [2.75, 3.05) is 11.8 Å². The highest BCUT2D eigenvalue weighted by molar-refractivity contribution is 7.86. The van der Waals surface area contributed by atoms with Crippen molar-refractivity contribution in [3.05, 3.63) is 96.6 Å². The van der Waals surface area contributed by atoms with Crippen molar-refractivity contribution >= 4 is 33.1 Å². The first-order chi connectivity index (χ1) is 16.9. The Morgan fingerprint density at radius 3 is 2.60 bits per heavy atom. The fraction of sp³-hybridized carbons (Fsp3) is 0.0400. The highest BCUT2D eigenvalue weighted by Crippen LogP contribution is 2.33. The first-order valence-electron chi connectivity index (χ1n) is 10.3. The van der Waals surface area contributed by atoms with E-state index in [0.717, 1.165) is 39.7 Å². The first-order valence-corrected chi connectivity index (χ1v) is 11.5. The standard InChI is InChI=1S/C25H21F2N5O2S/c1-34-25-23(32-35(33)24-5-3-18(26)12-21(24)27)11-17(14-31-25)15-2-4-22-20(10-15)19(7-9-30-22)16(13-29)6-8-28/h2-14,32H,28-29H2,1H3/b8-6-,16-13+. The van der Waals surface area contributed by atoms with Crippen LogP contribution in [0.4, 0.5) is 14.5 Å². The lowest BCUT2D eigenvalue weighted by Gasteiger charge is -2.13. The molecule has 7 nitrogen and oxygen atoms in total. The molecule has 10 heteroatoms. The molecule has 2 aromatic heterocycles. The van der Waals surface area contributed by atoms with Gasteiger partial charge in [-0.05, 0) is 65.4 Å². The smallest absolute Gasteiger partial charge is 0.238 e. The number of aromatic nitrogens is 2. The molecule has 0 bridgehead atoms. The molecule has 0 aliphatic carbocycles. The summed E-state index contributed by atoms with van der Waals surface area (Å²) in [6.45, 7) is 0. The van der Waals surface area contributed by atoms with E-state index in [1.54, 1.807) is 24.5 Å². The van der Waals surface area contributed by atoms with E-state index in [-0.39, 0.29) is 16.5 Å². The number of fused-ring (bicyclic) bond motifs is 1. The Morgan fingerprint density at radius 1 is 1.06 bits per heavy atom. The van der Waals surface area contributed by atoms with Crippen LogP contribution in [-0.2, 0) is 11.0 Å². The molecule has 0 aliphatic rings. The predicted molar refractivity (Wildman–Crippen MR) is 133 cm³/mol. The first kappa shape index (κ1) is 23.8. The number of rotatable bonds is 7. The van der Waals surface area contributed by atoms with Crippen molar-refractivity contribution in [3.8, 4) is 17.0 Å². The summed E-state index contributed by atoms with van der Waals surface area (Å²) in [4.78, 5) is 8.50. The van der Waals surface area contributed by atoms with E-state index in [9.17, 15) is 13.0 Å². The number of pyridine rings is 2. The minimum Gasteiger partial charge on any atom is -0.480 e. The fourth-order valence-electron chi connectivity index (χ4n) is 3.54. The van der Waals surface area contributed by atoms with Gasteiger partial charge in [0.05, 0.1) is 17.5 Å². The minimum atomic E-state index is -2.03. The number of benzene rings is 2. The lowest BCUT2D eigenvalue weighted by Crippen LogP contribution is -2.09. The van der Waals surface area contributed by atoms with Gasteiger partial charge in [-0.2, -0.15) is 0 Å². The maximum absolute atomic E-state index is 14.1. The van der Waals surface area contributed by atoms with Gasteiger partial charge in [0.15, 0.2) is 11.0 Å². The van der Waals surface area contributed by atoms with E-state index >= 15 is 0 Å². The van der Waals surface area contributed by atoms with E-state index in [4.69, 9.17) is 16.2 Å². The van der Waals surface area contributed by atoms with Gasteiger partial charge in [-0.25, -0.2) is 18.0 Å². The zero-order valence-electron chi connectivity index (χ0n) is 18.5. The van der Waals surface area contributed by atoms with E-state index in [1.807, 2.05) is 24.3 Å². The molecule has 35 heavy (non-hydrogen) atoms. The number of nitrogens with zero attached hydrogens (tertiary/aromatic N) is 2. The lowest BCUT2D eigenvalue weighted by molar-refractivity contribution is 0.400. The molecule has 0 fully saturated rings. The Hall–Kier alpha value is -4.31. The van der Waals surface area contributed by atoms with Gasteiger partial charge in [-0.3, -0.25) is 9.71 Å². The monoisotopic (exact) mass is 493 g/mol. The van der Waals surface area contributed by atoms with Gasteiger partial charge in [-0.1, -0.05) is 6.07 Å². The third-order valence-electron chi connectivity index (χ3n) is 5.18. The molecule has 5 N–H and O–H groups in total. The van der Waals surface area contributed by atoms with Gasteiger partial charge in [0, 0.05) is 35.6 Å². The molecule has 0 saturated carbocycles. The van der Waals surface area contributed by atoms with Gasteiger partial charge >= 0.3 is 0 Å². The quantitative estimate of drug-likeness (QED) is 0.327. The summed E-state index contributed by atoms with van der Waals surface area (Å²) < 4.78 is 48.1. The number of anilines is 1. The van der Waals surface area contributed by atoms with Crippen LogP contribution in [0.1, 0.15) is 5.56 Å². The van der Waals surface area contributed by atoms with Crippen LogP contribution in [0, 0.1) is 11.6 Å². The average molecular weight is 494 g/mol. The Morgan fingerprint density at radius 2 is 1.89 bits per heavy atom. The molecule has 0 aliphatic heterocycles. The third-order valence-corrected chi connectivity index (χ3v) is 6.32. The molecule has 4 aromatic rings. The van der Waals surface area contributed by atoms with Gasteiger partial charge in [0.25, 0.3) is 0 Å². The predicted octanol–water partition coefficient (Wildman–Crippen LogP) is 4.49. The van der Waals surface area contributed by atoms with E-state index in [0.29, 0.717) is 11.6 Å². The number of nitrogens with one attached hydrogen (secondary N) is 1. The van der Waals surface area contributed by atoms with Crippen LogP contribution in [0.25, 0.3) is 27.6 Å². The average Bonchev–Trinajstić information content (AvgIpc) is 2.86. The number of hydrogen-bond donors (Lipinski definition) is 3. The summed E-state index contributed by atoms with van der Waals surface area (Å²) in [6, 6.07) is 12.0. The Kier molecular flexibility index (Phi) is 7.02. The second-order valence-electron chi connectivity index (χ2n) is 7.30. The van der Waals surface area contributed by atoms with E-state index in [2.05, 4.69) is 14.7 Å². The summed E-state index contributed by atoms with van der Waals surface area (Å²) in [5, 5.41) is 0.835. The molecule has 178 valence electrons. The molecule has 0 spiro atoms. The zero-order chi connectivity index (χ0) is 24.9. The maximum atomic E-state index is 14.1. The van der Waals surface area contributed by atoms with E-state index in [1.165, 1.54) is 19.5 Å². The number of halogens is 2. The zero-order valence-corrected chi connectivity index (χ0v) is 19.4. The Balaban J connectivity index is 1.76. The minimum absolute atomic E-state index is 0.161. The molecular weight excluding hydrogens is 472 g/mol. The molecule has 2 heterocycles. The Bertz CT molecular complexity index is 1490. The molecule has 1 atom stereocenters. The van der Waals surface area contributed by atoms with Crippen LogP contribution in [0.15, 0.2) is 84.3 Å².